The zero-order valence-corrected chi connectivity index (χ0v) is 11.9. The van der Waals surface area contributed by atoms with E-state index in [1.807, 2.05) is 18.2 Å². The van der Waals surface area contributed by atoms with Crippen LogP contribution < -0.4 is 5.32 Å². The SMILES string of the molecule is CC(CN1CCCC1)NC(C)c1cccc(C#N)c1. The van der Waals surface area contributed by atoms with Gasteiger partial charge in [0.2, 0.25) is 0 Å². The smallest absolute Gasteiger partial charge is 0.0991 e. The third-order valence-electron chi connectivity index (χ3n) is 3.78. The number of benzene rings is 1. The van der Waals surface area contributed by atoms with Crippen molar-refractivity contribution in [2.45, 2.75) is 38.8 Å². The van der Waals surface area contributed by atoms with E-state index in [2.05, 4.69) is 36.2 Å². The van der Waals surface area contributed by atoms with Crippen molar-refractivity contribution in [3.05, 3.63) is 35.4 Å². The summed E-state index contributed by atoms with van der Waals surface area (Å²) in [4.78, 5) is 2.52. The van der Waals surface area contributed by atoms with Gasteiger partial charge in [0.05, 0.1) is 11.6 Å². The molecule has 0 radical (unpaired) electrons. The largest absolute Gasteiger partial charge is 0.306 e. The van der Waals surface area contributed by atoms with Gasteiger partial charge in [0.25, 0.3) is 0 Å². The van der Waals surface area contributed by atoms with Crippen LogP contribution in [0.3, 0.4) is 0 Å². The fourth-order valence-corrected chi connectivity index (χ4v) is 2.81. The van der Waals surface area contributed by atoms with Gasteiger partial charge in [0.1, 0.15) is 0 Å². The Labute approximate surface area is 116 Å². The van der Waals surface area contributed by atoms with Gasteiger partial charge >= 0.3 is 0 Å². The summed E-state index contributed by atoms with van der Waals surface area (Å²) in [6, 6.07) is 10.8. The van der Waals surface area contributed by atoms with Crippen LogP contribution in [0.25, 0.3) is 0 Å². The molecule has 2 rings (SSSR count). The van der Waals surface area contributed by atoms with E-state index in [-0.39, 0.29) is 6.04 Å². The van der Waals surface area contributed by atoms with Crippen LogP contribution >= 0.6 is 0 Å². The van der Waals surface area contributed by atoms with Crippen molar-refractivity contribution in [3.63, 3.8) is 0 Å². The first-order chi connectivity index (χ1) is 9.19. The maximum atomic E-state index is 8.94. The third kappa shape index (κ3) is 4.05. The molecule has 1 aromatic carbocycles. The van der Waals surface area contributed by atoms with Crippen LogP contribution in [0.15, 0.2) is 24.3 Å². The molecule has 3 heteroatoms. The van der Waals surface area contributed by atoms with Crippen LogP contribution in [-0.4, -0.2) is 30.6 Å². The number of likely N-dealkylation sites (tertiary alicyclic amines) is 1. The molecule has 19 heavy (non-hydrogen) atoms. The summed E-state index contributed by atoms with van der Waals surface area (Å²) in [5, 5.41) is 12.6. The second-order valence-corrected chi connectivity index (χ2v) is 5.53. The predicted molar refractivity (Wildman–Crippen MR) is 77.8 cm³/mol. The molecule has 1 saturated heterocycles. The summed E-state index contributed by atoms with van der Waals surface area (Å²) in [7, 11) is 0. The Bertz CT molecular complexity index is 444. The number of nitrogens with zero attached hydrogens (tertiary/aromatic N) is 2. The van der Waals surface area contributed by atoms with Crippen LogP contribution in [-0.2, 0) is 0 Å². The Morgan fingerprint density at radius 1 is 1.32 bits per heavy atom. The standard InChI is InChI=1S/C16H23N3/c1-13(12-19-8-3-4-9-19)18-14(2)16-7-5-6-15(10-16)11-17/h5-7,10,13-14,18H,3-4,8-9,12H2,1-2H3. The van der Waals surface area contributed by atoms with Crippen molar-refractivity contribution in [2.24, 2.45) is 0 Å². The van der Waals surface area contributed by atoms with Gasteiger partial charge < -0.3 is 10.2 Å². The average Bonchev–Trinajstić information content (AvgIpc) is 2.91. The Balaban J connectivity index is 1.88. The fourth-order valence-electron chi connectivity index (χ4n) is 2.81. The van der Waals surface area contributed by atoms with Gasteiger partial charge in [-0.25, -0.2) is 0 Å². The van der Waals surface area contributed by atoms with Crippen molar-refractivity contribution in [1.82, 2.24) is 10.2 Å². The van der Waals surface area contributed by atoms with E-state index in [0.717, 1.165) is 12.1 Å². The fraction of sp³-hybridized carbons (Fsp3) is 0.562. The molecule has 0 amide bonds. The first-order valence-electron chi connectivity index (χ1n) is 7.17. The molecular formula is C16H23N3. The van der Waals surface area contributed by atoms with Gasteiger partial charge in [-0.2, -0.15) is 5.26 Å². The molecule has 0 bridgehead atoms. The molecule has 3 nitrogen and oxygen atoms in total. The minimum atomic E-state index is 0.283. The number of nitriles is 1. The summed E-state index contributed by atoms with van der Waals surface area (Å²) < 4.78 is 0. The molecule has 1 fully saturated rings. The summed E-state index contributed by atoms with van der Waals surface area (Å²) in [5.74, 6) is 0. The highest BCUT2D eigenvalue weighted by Gasteiger charge is 2.16. The number of rotatable bonds is 5. The molecule has 1 heterocycles. The van der Waals surface area contributed by atoms with E-state index in [1.165, 1.54) is 31.5 Å². The molecule has 0 spiro atoms. The Morgan fingerprint density at radius 2 is 2.05 bits per heavy atom. The highest BCUT2D eigenvalue weighted by Crippen LogP contribution is 2.15. The van der Waals surface area contributed by atoms with E-state index >= 15 is 0 Å². The highest BCUT2D eigenvalue weighted by atomic mass is 15.2. The lowest BCUT2D eigenvalue weighted by Crippen LogP contribution is -2.39. The molecule has 1 aliphatic rings. The van der Waals surface area contributed by atoms with E-state index < -0.39 is 0 Å². The minimum absolute atomic E-state index is 0.283. The highest BCUT2D eigenvalue weighted by molar-refractivity contribution is 5.34. The first kappa shape index (κ1) is 14.0. The number of hydrogen-bond acceptors (Lipinski definition) is 3. The Kier molecular flexibility index (Phi) is 4.95. The summed E-state index contributed by atoms with van der Waals surface area (Å²) >= 11 is 0. The monoisotopic (exact) mass is 257 g/mol. The maximum absolute atomic E-state index is 8.94. The third-order valence-corrected chi connectivity index (χ3v) is 3.78. The summed E-state index contributed by atoms with van der Waals surface area (Å²) in [5.41, 5.74) is 1.92. The summed E-state index contributed by atoms with van der Waals surface area (Å²) in [6.07, 6.45) is 2.68. The van der Waals surface area contributed by atoms with Gasteiger partial charge in [-0.1, -0.05) is 12.1 Å². The van der Waals surface area contributed by atoms with Crippen LogP contribution in [0, 0.1) is 11.3 Å². The molecule has 0 aliphatic carbocycles. The van der Waals surface area contributed by atoms with Crippen molar-refractivity contribution in [1.29, 1.82) is 5.26 Å². The number of hydrogen-bond donors (Lipinski definition) is 1. The van der Waals surface area contributed by atoms with Crippen LogP contribution in [0.1, 0.15) is 43.9 Å². The minimum Gasteiger partial charge on any atom is -0.306 e. The topological polar surface area (TPSA) is 39.1 Å². The van der Waals surface area contributed by atoms with Crippen molar-refractivity contribution in [2.75, 3.05) is 19.6 Å². The Hall–Kier alpha value is -1.37. The van der Waals surface area contributed by atoms with E-state index in [1.54, 1.807) is 0 Å². The molecule has 102 valence electrons. The van der Waals surface area contributed by atoms with Crippen molar-refractivity contribution in [3.8, 4) is 6.07 Å². The second kappa shape index (κ2) is 6.70. The average molecular weight is 257 g/mol. The zero-order chi connectivity index (χ0) is 13.7. The summed E-state index contributed by atoms with van der Waals surface area (Å²) in [6.45, 7) is 8.00. The van der Waals surface area contributed by atoms with Crippen molar-refractivity contribution < 1.29 is 0 Å². The lowest BCUT2D eigenvalue weighted by Gasteiger charge is -2.25. The number of nitrogens with one attached hydrogen (secondary N) is 1. The lowest BCUT2D eigenvalue weighted by atomic mass is 10.0. The van der Waals surface area contributed by atoms with Gasteiger partial charge in [-0.15, -0.1) is 0 Å². The van der Waals surface area contributed by atoms with Crippen LogP contribution in [0.2, 0.25) is 0 Å². The lowest BCUT2D eigenvalue weighted by molar-refractivity contribution is 0.289. The molecule has 0 aromatic heterocycles. The van der Waals surface area contributed by atoms with Gasteiger partial charge in [-0.3, -0.25) is 0 Å². The first-order valence-corrected chi connectivity index (χ1v) is 7.17. The predicted octanol–water partition coefficient (Wildman–Crippen LogP) is 2.69. The van der Waals surface area contributed by atoms with Gasteiger partial charge in [0, 0.05) is 18.6 Å². The molecule has 1 aromatic rings. The van der Waals surface area contributed by atoms with Crippen LogP contribution in [0.5, 0.6) is 0 Å². The molecule has 1 N–H and O–H groups in total. The second-order valence-electron chi connectivity index (χ2n) is 5.53. The van der Waals surface area contributed by atoms with E-state index in [0.29, 0.717) is 6.04 Å². The Morgan fingerprint density at radius 3 is 2.74 bits per heavy atom. The molecule has 1 aliphatic heterocycles. The normalized spacial score (nSPS) is 19.0. The van der Waals surface area contributed by atoms with E-state index in [4.69, 9.17) is 5.26 Å². The van der Waals surface area contributed by atoms with Crippen molar-refractivity contribution >= 4 is 0 Å². The zero-order valence-electron chi connectivity index (χ0n) is 11.9. The van der Waals surface area contributed by atoms with Gasteiger partial charge in [-0.05, 0) is 57.5 Å². The molecular weight excluding hydrogens is 234 g/mol. The van der Waals surface area contributed by atoms with E-state index in [9.17, 15) is 0 Å². The van der Waals surface area contributed by atoms with Gasteiger partial charge in [0.15, 0.2) is 0 Å². The van der Waals surface area contributed by atoms with Crippen LogP contribution in [0.4, 0.5) is 0 Å². The quantitative estimate of drug-likeness (QED) is 0.881. The molecule has 0 saturated carbocycles. The maximum Gasteiger partial charge on any atom is 0.0991 e. The molecule has 2 atom stereocenters. The molecule has 2 unspecified atom stereocenters.